The van der Waals surface area contributed by atoms with E-state index in [2.05, 4.69) is 5.10 Å². The fourth-order valence-corrected chi connectivity index (χ4v) is 5.95. The van der Waals surface area contributed by atoms with Crippen molar-refractivity contribution in [2.75, 3.05) is 19.8 Å². The third-order valence-corrected chi connectivity index (χ3v) is 8.61. The van der Waals surface area contributed by atoms with E-state index in [1.807, 2.05) is 20.8 Å². The van der Waals surface area contributed by atoms with Crippen LogP contribution in [0.25, 0.3) is 0 Å². The van der Waals surface area contributed by atoms with Crippen LogP contribution in [0.5, 0.6) is 5.88 Å². The number of aromatic nitrogens is 2. The van der Waals surface area contributed by atoms with E-state index < -0.39 is 23.4 Å². The van der Waals surface area contributed by atoms with Crippen molar-refractivity contribution in [1.82, 2.24) is 14.7 Å². The number of rotatable bonds is 10. The van der Waals surface area contributed by atoms with Crippen molar-refractivity contribution in [3.63, 3.8) is 0 Å². The Morgan fingerprint density at radius 2 is 1.33 bits per heavy atom. The molecule has 1 aliphatic heterocycles. The van der Waals surface area contributed by atoms with E-state index in [0.29, 0.717) is 19.1 Å². The summed E-state index contributed by atoms with van der Waals surface area (Å²) in [6, 6.07) is 1.72. The van der Waals surface area contributed by atoms with Gasteiger partial charge in [-0.2, -0.15) is 4.68 Å². The molecule has 1 aromatic heterocycles. The summed E-state index contributed by atoms with van der Waals surface area (Å²) in [5.74, 6) is 6.07. The van der Waals surface area contributed by atoms with Crippen LogP contribution in [0.3, 0.4) is 0 Å². The lowest BCUT2D eigenvalue weighted by Gasteiger charge is -2.22. The van der Waals surface area contributed by atoms with Crippen LogP contribution in [0.4, 0.5) is 9.59 Å². The van der Waals surface area contributed by atoms with Crippen LogP contribution in [-0.2, 0) is 14.3 Å². The summed E-state index contributed by atoms with van der Waals surface area (Å²) in [4.78, 5) is 35.2. The second kappa shape index (κ2) is 15.1. The average molecular weight is 630 g/mol. The zero-order chi connectivity index (χ0) is 32.8. The molecule has 10 heteroatoms. The minimum Gasteiger partial charge on any atom is -0.477 e. The highest BCUT2D eigenvalue weighted by Crippen LogP contribution is 2.51. The third kappa shape index (κ3) is 12.8. The maximum absolute atomic E-state index is 11.9. The van der Waals surface area contributed by atoms with Crippen molar-refractivity contribution in [2.24, 2.45) is 35.5 Å². The molecule has 6 rings (SSSR count). The monoisotopic (exact) mass is 629 g/mol. The highest BCUT2D eigenvalue weighted by molar-refractivity contribution is 5.96. The predicted octanol–water partition coefficient (Wildman–Crippen LogP) is 7.00. The number of aliphatic hydroxyl groups is 1. The summed E-state index contributed by atoms with van der Waals surface area (Å²) >= 11 is 0. The Bertz CT molecular complexity index is 1140. The average Bonchev–Trinajstić information content (AvgIpc) is 3.73. The lowest BCUT2D eigenvalue weighted by molar-refractivity contribution is -0.114. The van der Waals surface area contributed by atoms with Crippen molar-refractivity contribution in [3.8, 4) is 5.88 Å². The van der Waals surface area contributed by atoms with Gasteiger partial charge in [0.05, 0.1) is 13.2 Å². The maximum atomic E-state index is 11.9. The zero-order valence-corrected chi connectivity index (χ0v) is 28.2. The summed E-state index contributed by atoms with van der Waals surface area (Å²) in [6.45, 7) is 12.0. The van der Waals surface area contributed by atoms with Gasteiger partial charge in [0, 0.05) is 25.1 Å². The normalized spacial score (nSPS) is 19.6. The van der Waals surface area contributed by atoms with Crippen LogP contribution in [0, 0.1) is 35.5 Å². The molecule has 0 spiro atoms. The molecule has 1 aromatic rings. The Labute approximate surface area is 268 Å². The van der Waals surface area contributed by atoms with Crippen molar-refractivity contribution in [2.45, 2.75) is 117 Å². The first-order valence-corrected chi connectivity index (χ1v) is 17.0. The summed E-state index contributed by atoms with van der Waals surface area (Å²) in [6.07, 6.45) is 17.0. The molecule has 0 saturated heterocycles. The van der Waals surface area contributed by atoms with Crippen molar-refractivity contribution < 1.29 is 33.7 Å². The molecule has 5 aliphatic rings. The number of ketones is 1. The first-order chi connectivity index (χ1) is 21.2. The van der Waals surface area contributed by atoms with Gasteiger partial charge in [0.2, 0.25) is 5.88 Å². The van der Waals surface area contributed by atoms with Crippen LogP contribution in [0.2, 0.25) is 0 Å². The van der Waals surface area contributed by atoms with Crippen LogP contribution < -0.4 is 4.74 Å². The highest BCUT2D eigenvalue weighted by Gasteiger charge is 2.41. The Morgan fingerprint density at radius 3 is 1.76 bits per heavy atom. The first kappa shape index (κ1) is 35.0. The van der Waals surface area contributed by atoms with E-state index >= 15 is 0 Å². The molecule has 2 heterocycles. The Morgan fingerprint density at radius 1 is 0.844 bits per heavy atom. The van der Waals surface area contributed by atoms with Crippen LogP contribution in [0.15, 0.2) is 24.5 Å². The van der Waals surface area contributed by atoms with Crippen molar-refractivity contribution in [1.29, 1.82) is 0 Å². The molecule has 0 aromatic carbocycles. The maximum Gasteiger partial charge on any atom is 0.435 e. The molecule has 45 heavy (non-hydrogen) atoms. The van der Waals surface area contributed by atoms with Gasteiger partial charge in [-0.3, -0.25) is 9.69 Å². The minimum absolute atomic E-state index is 0.0779. The zero-order valence-electron chi connectivity index (χ0n) is 28.2. The Hall–Kier alpha value is -2.88. The summed E-state index contributed by atoms with van der Waals surface area (Å²) in [7, 11) is 0. The number of aliphatic hydroxyl groups excluding tert-OH is 1. The summed E-state index contributed by atoms with van der Waals surface area (Å²) in [5, 5.41) is 12.9. The molecule has 10 nitrogen and oxygen atoms in total. The lowest BCUT2D eigenvalue weighted by Crippen LogP contribution is -2.33. The van der Waals surface area contributed by atoms with Gasteiger partial charge in [0.15, 0.2) is 5.78 Å². The molecular formula is C35H55N3O7. The van der Waals surface area contributed by atoms with Gasteiger partial charge in [0.1, 0.15) is 11.2 Å². The number of hydrogen-bond donors (Lipinski definition) is 1. The van der Waals surface area contributed by atoms with Gasteiger partial charge in [0.25, 0.3) is 0 Å². The van der Waals surface area contributed by atoms with Gasteiger partial charge in [-0.15, -0.1) is 5.10 Å². The fraction of sp³-hybridized carbons (Fsp3) is 0.771. The molecule has 0 atom stereocenters. The summed E-state index contributed by atoms with van der Waals surface area (Å²) < 4.78 is 17.2. The van der Waals surface area contributed by atoms with Gasteiger partial charge in [-0.05, 0) is 147 Å². The second-order valence-electron chi connectivity index (χ2n) is 15.3. The van der Waals surface area contributed by atoms with E-state index in [1.165, 1.54) is 73.2 Å². The molecule has 0 radical (unpaired) electrons. The van der Waals surface area contributed by atoms with Gasteiger partial charge in [-0.25, -0.2) is 9.59 Å². The highest BCUT2D eigenvalue weighted by atomic mass is 16.6. The Balaban J connectivity index is 0.000000169. The molecule has 0 unspecified atom stereocenters. The molecule has 0 bridgehead atoms. The summed E-state index contributed by atoms with van der Waals surface area (Å²) in [5.41, 5.74) is -1.04. The number of hydrogen-bond acceptors (Lipinski definition) is 8. The van der Waals surface area contributed by atoms with E-state index in [1.54, 1.807) is 33.0 Å². The largest absolute Gasteiger partial charge is 0.477 e. The lowest BCUT2D eigenvalue weighted by atomic mass is 9.95. The fourth-order valence-electron chi connectivity index (χ4n) is 5.95. The van der Waals surface area contributed by atoms with Crippen LogP contribution >= 0.6 is 0 Å². The second-order valence-corrected chi connectivity index (χ2v) is 15.3. The molecule has 1 N–H and O–H groups in total. The number of carbonyl (C=O) groups is 3. The Kier molecular flexibility index (Phi) is 11.8. The number of amides is 1. The molecular weight excluding hydrogens is 574 g/mol. The third-order valence-electron chi connectivity index (χ3n) is 8.61. The number of carbonyl (C=O) groups excluding carboxylic acids is 3. The van der Waals surface area contributed by atoms with Gasteiger partial charge in [-0.1, -0.05) is 0 Å². The number of ether oxygens (including phenoxy) is 3. The predicted molar refractivity (Wildman–Crippen MR) is 171 cm³/mol. The molecule has 252 valence electrons. The van der Waals surface area contributed by atoms with Crippen LogP contribution in [-0.4, -0.2) is 68.7 Å². The van der Waals surface area contributed by atoms with E-state index in [4.69, 9.17) is 19.3 Å². The molecule has 1 amide bonds. The molecule has 4 aliphatic carbocycles. The quantitative estimate of drug-likeness (QED) is 0.294. The van der Waals surface area contributed by atoms with Crippen molar-refractivity contribution in [3.05, 3.63) is 24.5 Å². The van der Waals surface area contributed by atoms with Crippen LogP contribution in [0.1, 0.15) is 106 Å². The minimum atomic E-state index is -0.522. The van der Waals surface area contributed by atoms with E-state index in [9.17, 15) is 14.4 Å². The topological polar surface area (TPSA) is 120 Å². The molecule has 4 saturated carbocycles. The van der Waals surface area contributed by atoms with E-state index in [-0.39, 0.29) is 12.3 Å². The SMILES string of the molecule is CC(C)(C)OC(=O)N1C=CC(=O)C1.CC(C)(C)OC(=O)n1ccc(OCCC(C2CC2)C2CC2)n1.OCCC(C1CC1)C1CC1. The standard InChI is InChI=1S/C17H26N2O3.C9H13NO3.C9H16O/c1-17(2,3)22-16(20)19-10-8-15(18-19)21-11-9-14(12-4-5-12)13-6-7-13;1-9(2,3)13-8(12)10-5-4-7(11)6-10;10-6-5-9(7-1-2-7)8-3-4-8/h8,10,12-14H,4-7,9,11H2,1-3H3;4-5H,6H2,1-3H3;7-10H,1-6H2. The first-order valence-electron chi connectivity index (χ1n) is 17.0. The van der Waals surface area contributed by atoms with E-state index in [0.717, 1.165) is 48.3 Å². The molecule has 4 fully saturated rings. The van der Waals surface area contributed by atoms with Crippen molar-refractivity contribution >= 4 is 18.0 Å². The van der Waals surface area contributed by atoms with Gasteiger partial charge < -0.3 is 19.3 Å². The number of nitrogens with zero attached hydrogens (tertiary/aromatic N) is 3. The smallest absolute Gasteiger partial charge is 0.435 e. The van der Waals surface area contributed by atoms with Gasteiger partial charge >= 0.3 is 12.2 Å².